The van der Waals surface area contributed by atoms with E-state index in [-0.39, 0.29) is 0 Å². The summed E-state index contributed by atoms with van der Waals surface area (Å²) in [5, 5.41) is 0. The predicted molar refractivity (Wildman–Crippen MR) is 117 cm³/mol. The van der Waals surface area contributed by atoms with Crippen LogP contribution in [0.1, 0.15) is 33.1 Å². The maximum atomic E-state index is 11.8. The smallest absolute Gasteiger partial charge is 0.154 e. The lowest BCUT2D eigenvalue weighted by Gasteiger charge is -1.93. The first-order valence-corrected chi connectivity index (χ1v) is 9.48. The molecule has 0 aromatic carbocycles. The highest BCUT2D eigenvalue weighted by atomic mass is 127. The van der Waals surface area contributed by atoms with E-state index in [0.717, 1.165) is 49.0 Å². The second-order valence-electron chi connectivity index (χ2n) is 6.30. The summed E-state index contributed by atoms with van der Waals surface area (Å²) in [4.78, 5) is 27.7. The molecule has 6 heteroatoms. The first-order chi connectivity index (χ1) is 13.2. The van der Waals surface area contributed by atoms with Crippen molar-refractivity contribution in [3.05, 3.63) is 68.3 Å². The Balaban J connectivity index is 1.93. The van der Waals surface area contributed by atoms with Gasteiger partial charge in [0.1, 0.15) is 0 Å². The SMILES string of the molecule is O=Cc1c2nc(c(I)c3ccc(cc4nc(cc5ccc1[nH]5)C=C4)[nH]3)C=C2. The minimum atomic E-state index is 0.536. The minimum Gasteiger partial charge on any atom is -0.355 e. The minimum absolute atomic E-state index is 0.536. The van der Waals surface area contributed by atoms with E-state index < -0.39 is 0 Å². The molecule has 0 atom stereocenters. The first-order valence-electron chi connectivity index (χ1n) is 8.41. The van der Waals surface area contributed by atoms with Gasteiger partial charge < -0.3 is 9.97 Å². The van der Waals surface area contributed by atoms with Crippen LogP contribution >= 0.6 is 22.6 Å². The Labute approximate surface area is 168 Å². The number of fused-ring (bicyclic) bond motifs is 8. The molecule has 5 nitrogen and oxygen atoms in total. The van der Waals surface area contributed by atoms with Gasteiger partial charge in [0.05, 0.1) is 42.9 Å². The number of aromatic nitrogens is 4. The van der Waals surface area contributed by atoms with E-state index in [4.69, 9.17) is 0 Å². The molecule has 2 aliphatic heterocycles. The molecule has 0 saturated carbocycles. The lowest BCUT2D eigenvalue weighted by Crippen LogP contribution is -1.88. The van der Waals surface area contributed by atoms with Gasteiger partial charge in [-0.15, -0.1) is 0 Å². The van der Waals surface area contributed by atoms with Gasteiger partial charge in [-0.3, -0.25) is 4.79 Å². The monoisotopic (exact) mass is 464 g/mol. The average Bonchev–Trinajstić information content (AvgIpc) is 3.44. The molecule has 3 aromatic rings. The zero-order chi connectivity index (χ0) is 18.4. The molecule has 130 valence electrons. The molecule has 5 heterocycles. The maximum Gasteiger partial charge on any atom is 0.154 e. The van der Waals surface area contributed by atoms with E-state index in [9.17, 15) is 4.79 Å². The van der Waals surface area contributed by atoms with Crippen LogP contribution in [0.25, 0.3) is 46.4 Å². The van der Waals surface area contributed by atoms with E-state index in [1.54, 1.807) is 0 Å². The molecule has 0 unspecified atom stereocenters. The quantitative estimate of drug-likeness (QED) is 0.269. The van der Waals surface area contributed by atoms with Gasteiger partial charge in [-0.05, 0) is 83.3 Å². The summed E-state index contributed by atoms with van der Waals surface area (Å²) in [6.45, 7) is 0. The second kappa shape index (κ2) is 6.31. The molecule has 2 aliphatic rings. The number of H-pyrrole nitrogens is 2. The van der Waals surface area contributed by atoms with Crippen molar-refractivity contribution >= 4 is 75.2 Å². The van der Waals surface area contributed by atoms with Crippen molar-refractivity contribution in [1.29, 1.82) is 0 Å². The van der Waals surface area contributed by atoms with Crippen LogP contribution in [0.5, 0.6) is 0 Å². The maximum absolute atomic E-state index is 11.8. The fraction of sp³-hybridized carbons (Fsp3) is 0. The van der Waals surface area contributed by atoms with Crippen molar-refractivity contribution in [2.45, 2.75) is 0 Å². The van der Waals surface area contributed by atoms with Crippen molar-refractivity contribution in [3.8, 4) is 0 Å². The Morgan fingerprint density at radius 2 is 1.41 bits per heavy atom. The van der Waals surface area contributed by atoms with Crippen LogP contribution < -0.4 is 0 Å². The van der Waals surface area contributed by atoms with Crippen molar-refractivity contribution in [1.82, 2.24) is 19.9 Å². The molecule has 8 bridgehead atoms. The summed E-state index contributed by atoms with van der Waals surface area (Å²) in [5.41, 5.74) is 7.35. The van der Waals surface area contributed by atoms with Gasteiger partial charge in [-0.1, -0.05) is 0 Å². The molecule has 0 spiro atoms. The topological polar surface area (TPSA) is 74.4 Å². The van der Waals surface area contributed by atoms with Crippen molar-refractivity contribution < 1.29 is 4.79 Å². The number of hydrogen-bond acceptors (Lipinski definition) is 3. The van der Waals surface area contributed by atoms with E-state index in [1.807, 2.05) is 60.7 Å². The Morgan fingerprint density at radius 3 is 2.11 bits per heavy atom. The molecule has 0 radical (unpaired) electrons. The van der Waals surface area contributed by atoms with Gasteiger partial charge in [0.25, 0.3) is 0 Å². The first kappa shape index (κ1) is 16.2. The molecule has 0 saturated heterocycles. The molecule has 0 fully saturated rings. The summed E-state index contributed by atoms with van der Waals surface area (Å²) in [6, 6.07) is 11.8. The summed E-state index contributed by atoms with van der Waals surface area (Å²) >= 11 is 2.28. The van der Waals surface area contributed by atoms with E-state index in [1.165, 1.54) is 0 Å². The molecule has 5 rings (SSSR count). The van der Waals surface area contributed by atoms with Crippen LogP contribution in [0, 0.1) is 3.57 Å². The fourth-order valence-electron chi connectivity index (χ4n) is 3.19. The van der Waals surface area contributed by atoms with Gasteiger partial charge in [0, 0.05) is 11.0 Å². The molecular formula is C21H13IN4O. The van der Waals surface area contributed by atoms with Crippen molar-refractivity contribution in [2.75, 3.05) is 0 Å². The number of nitrogens with zero attached hydrogens (tertiary/aromatic N) is 2. The highest BCUT2D eigenvalue weighted by molar-refractivity contribution is 14.1. The number of nitrogens with one attached hydrogen (secondary N) is 2. The number of rotatable bonds is 1. The number of carbonyl (C=O) groups excluding carboxylic acids is 1. The molecule has 3 aromatic heterocycles. The highest BCUT2D eigenvalue weighted by Gasteiger charge is 2.10. The Morgan fingerprint density at radius 1 is 0.778 bits per heavy atom. The fourth-order valence-corrected chi connectivity index (χ4v) is 3.80. The third-order valence-electron chi connectivity index (χ3n) is 4.49. The number of carbonyl (C=O) groups is 1. The predicted octanol–water partition coefficient (Wildman–Crippen LogP) is 5.07. The normalized spacial score (nSPS) is 12.5. The summed E-state index contributed by atoms with van der Waals surface area (Å²) in [5.74, 6) is 0. The molecule has 0 aliphatic carbocycles. The van der Waals surface area contributed by atoms with Gasteiger partial charge in [-0.2, -0.15) is 0 Å². The summed E-state index contributed by atoms with van der Waals surface area (Å²) in [7, 11) is 0. The highest BCUT2D eigenvalue weighted by Crippen LogP contribution is 2.23. The van der Waals surface area contributed by atoms with Crippen molar-refractivity contribution in [3.63, 3.8) is 0 Å². The van der Waals surface area contributed by atoms with E-state index >= 15 is 0 Å². The van der Waals surface area contributed by atoms with Crippen LogP contribution in [0.3, 0.4) is 0 Å². The van der Waals surface area contributed by atoms with E-state index in [2.05, 4.69) is 42.5 Å². The lowest BCUT2D eigenvalue weighted by molar-refractivity contribution is 0.112. The zero-order valence-corrected chi connectivity index (χ0v) is 16.2. The molecule has 0 amide bonds. The number of halogens is 1. The van der Waals surface area contributed by atoms with Gasteiger partial charge >= 0.3 is 0 Å². The van der Waals surface area contributed by atoms with Gasteiger partial charge in [-0.25, -0.2) is 9.97 Å². The number of hydrogen-bond donors (Lipinski definition) is 2. The third kappa shape index (κ3) is 2.91. The van der Waals surface area contributed by atoms with Crippen LogP contribution in [-0.4, -0.2) is 26.2 Å². The Hall–Kier alpha value is -3.00. The molecule has 2 N–H and O–H groups in total. The average molecular weight is 464 g/mol. The zero-order valence-electron chi connectivity index (χ0n) is 14.0. The Kier molecular flexibility index (Phi) is 3.78. The van der Waals surface area contributed by atoms with Crippen LogP contribution in [-0.2, 0) is 0 Å². The van der Waals surface area contributed by atoms with Crippen molar-refractivity contribution in [2.24, 2.45) is 0 Å². The third-order valence-corrected chi connectivity index (χ3v) is 5.63. The molecular weight excluding hydrogens is 451 g/mol. The lowest BCUT2D eigenvalue weighted by atomic mass is 10.2. The largest absolute Gasteiger partial charge is 0.355 e. The van der Waals surface area contributed by atoms with Crippen LogP contribution in [0.4, 0.5) is 0 Å². The summed E-state index contributed by atoms with van der Waals surface area (Å²) in [6.07, 6.45) is 8.61. The standard InChI is InChI=1S/C21H13IN4O/c22-21-19-6-4-15(25-19)10-13-2-1-12(23-13)9-14-3-5-17(24-14)16(11-27)18-7-8-20(21)26-18/h1-11,24-25H. The van der Waals surface area contributed by atoms with Crippen LogP contribution in [0.15, 0.2) is 36.4 Å². The summed E-state index contributed by atoms with van der Waals surface area (Å²) < 4.78 is 0.993. The number of aldehydes is 1. The molecule has 27 heavy (non-hydrogen) atoms. The second-order valence-corrected chi connectivity index (χ2v) is 7.38. The van der Waals surface area contributed by atoms with Crippen LogP contribution in [0.2, 0.25) is 0 Å². The Bertz CT molecular complexity index is 1310. The van der Waals surface area contributed by atoms with E-state index in [0.29, 0.717) is 11.3 Å². The van der Waals surface area contributed by atoms with Gasteiger partial charge in [0.15, 0.2) is 6.29 Å². The number of aromatic amines is 2. The van der Waals surface area contributed by atoms with Gasteiger partial charge in [0.2, 0.25) is 0 Å².